The molecule has 0 radical (unpaired) electrons. The van der Waals surface area contributed by atoms with Gasteiger partial charge in [-0.2, -0.15) is 5.10 Å². The Morgan fingerprint density at radius 3 is 2.70 bits per heavy atom. The lowest BCUT2D eigenvalue weighted by Crippen LogP contribution is -2.34. The summed E-state index contributed by atoms with van der Waals surface area (Å²) in [5, 5.41) is 4.27. The molecule has 0 aliphatic carbocycles. The van der Waals surface area contributed by atoms with E-state index in [4.69, 9.17) is 5.73 Å². The van der Waals surface area contributed by atoms with Crippen molar-refractivity contribution in [1.82, 2.24) is 24.2 Å². The van der Waals surface area contributed by atoms with Gasteiger partial charge in [0.05, 0.1) is 23.0 Å². The number of aromatic nitrogens is 4. The van der Waals surface area contributed by atoms with Crippen LogP contribution in [0.3, 0.4) is 0 Å². The zero-order valence-corrected chi connectivity index (χ0v) is 17.9. The number of thiazole rings is 1. The molecule has 8 nitrogen and oxygen atoms in total. The summed E-state index contributed by atoms with van der Waals surface area (Å²) in [5.74, 6) is -0.875. The van der Waals surface area contributed by atoms with Crippen LogP contribution in [0.15, 0.2) is 57.7 Å². The van der Waals surface area contributed by atoms with Crippen LogP contribution in [0.25, 0.3) is 0 Å². The molecule has 0 bridgehead atoms. The molecule has 2 aromatic heterocycles. The molecule has 3 heterocycles. The maximum Gasteiger partial charge on any atom is 0.348 e. The second-order valence-corrected chi connectivity index (χ2v) is 8.85. The fourth-order valence-corrected chi connectivity index (χ4v) is 5.13. The number of carbonyl (C=O) groups excluding carboxylic acids is 1. The number of hydrogen-bond acceptors (Lipinski definition) is 7. The number of nitrogens with two attached hydrogens (primary N) is 1. The highest BCUT2D eigenvalue weighted by Crippen LogP contribution is 2.44. The molecule has 156 valence electrons. The predicted octanol–water partition coefficient (Wildman–Crippen LogP) is 2.67. The molecular weight excluding hydrogens is 427 g/mol. The van der Waals surface area contributed by atoms with Crippen LogP contribution in [0, 0.1) is 5.82 Å². The molecule has 30 heavy (non-hydrogen) atoms. The molecule has 1 aliphatic heterocycles. The molecule has 11 heteroatoms. The van der Waals surface area contributed by atoms with Crippen LogP contribution in [0.2, 0.25) is 0 Å². The largest absolute Gasteiger partial charge is 0.365 e. The van der Waals surface area contributed by atoms with Gasteiger partial charge in [-0.05, 0) is 31.5 Å². The van der Waals surface area contributed by atoms with Crippen molar-refractivity contribution in [3.63, 3.8) is 0 Å². The van der Waals surface area contributed by atoms with Gasteiger partial charge in [0.15, 0.2) is 5.50 Å². The van der Waals surface area contributed by atoms with Crippen molar-refractivity contribution in [3.8, 4) is 0 Å². The lowest BCUT2D eigenvalue weighted by atomic mass is 10.1. The maximum atomic E-state index is 13.2. The van der Waals surface area contributed by atoms with Crippen molar-refractivity contribution in [2.75, 3.05) is 0 Å². The van der Waals surface area contributed by atoms with Crippen LogP contribution >= 0.6 is 23.1 Å². The van der Waals surface area contributed by atoms with Gasteiger partial charge in [-0.1, -0.05) is 23.9 Å². The van der Waals surface area contributed by atoms with Crippen LogP contribution in [-0.4, -0.2) is 30.1 Å². The first kappa shape index (κ1) is 20.4. The van der Waals surface area contributed by atoms with Gasteiger partial charge in [-0.15, -0.1) is 11.3 Å². The fourth-order valence-electron chi connectivity index (χ4n) is 3.31. The lowest BCUT2D eigenvalue weighted by molar-refractivity contribution is -0.114. The predicted molar refractivity (Wildman–Crippen MR) is 113 cm³/mol. The third kappa shape index (κ3) is 3.65. The molecule has 2 atom stereocenters. The highest BCUT2D eigenvalue weighted by Gasteiger charge is 2.36. The van der Waals surface area contributed by atoms with Gasteiger partial charge in [0.1, 0.15) is 12.1 Å². The van der Waals surface area contributed by atoms with E-state index >= 15 is 0 Å². The van der Waals surface area contributed by atoms with E-state index in [1.54, 1.807) is 23.8 Å². The van der Waals surface area contributed by atoms with Crippen molar-refractivity contribution in [3.05, 3.63) is 79.6 Å². The quantitative estimate of drug-likeness (QED) is 0.625. The summed E-state index contributed by atoms with van der Waals surface area (Å²) in [6, 6.07) is 5.57. The van der Waals surface area contributed by atoms with Crippen LogP contribution in [0.5, 0.6) is 0 Å². The van der Waals surface area contributed by atoms with E-state index in [1.165, 1.54) is 50.8 Å². The Hall–Kier alpha value is -2.92. The van der Waals surface area contributed by atoms with Gasteiger partial charge in [0.25, 0.3) is 5.91 Å². The summed E-state index contributed by atoms with van der Waals surface area (Å²) in [7, 11) is 0. The maximum absolute atomic E-state index is 13.2. The molecule has 3 aromatic rings. The van der Waals surface area contributed by atoms with Crippen molar-refractivity contribution in [2.45, 2.75) is 31.9 Å². The Labute approximate surface area is 179 Å². The Morgan fingerprint density at radius 1 is 1.33 bits per heavy atom. The molecule has 1 aromatic carbocycles. The average Bonchev–Trinajstić information content (AvgIpc) is 3.43. The number of amides is 1. The zero-order valence-electron chi connectivity index (χ0n) is 16.2. The fraction of sp³-hybridized carbons (Fsp3) is 0.263. The molecule has 0 fully saturated rings. The van der Waals surface area contributed by atoms with Crippen LogP contribution < -0.4 is 11.4 Å². The van der Waals surface area contributed by atoms with Gasteiger partial charge in [-0.25, -0.2) is 13.9 Å². The highest BCUT2D eigenvalue weighted by atomic mass is 32.2. The number of hydrogen-bond donors (Lipinski definition) is 1. The summed E-state index contributed by atoms with van der Waals surface area (Å²) in [6.45, 7) is 4.11. The van der Waals surface area contributed by atoms with E-state index in [9.17, 15) is 14.0 Å². The average molecular weight is 447 g/mol. The van der Waals surface area contributed by atoms with Crippen LogP contribution in [0.1, 0.15) is 35.8 Å². The molecule has 1 aliphatic rings. The number of allylic oxidation sites excluding steroid dienone is 1. The van der Waals surface area contributed by atoms with Crippen molar-refractivity contribution >= 4 is 29.0 Å². The second-order valence-electron chi connectivity index (χ2n) is 6.81. The molecule has 2 N–H and O–H groups in total. The molecule has 0 saturated heterocycles. The number of rotatable bonds is 6. The second kappa shape index (κ2) is 8.07. The van der Waals surface area contributed by atoms with Crippen LogP contribution in [-0.2, 0) is 11.3 Å². The summed E-state index contributed by atoms with van der Waals surface area (Å²) in [4.78, 5) is 32.5. The monoisotopic (exact) mass is 446 g/mol. The van der Waals surface area contributed by atoms with Gasteiger partial charge < -0.3 is 10.6 Å². The van der Waals surface area contributed by atoms with E-state index in [0.717, 1.165) is 10.4 Å². The topological polar surface area (TPSA) is 99.0 Å². The highest BCUT2D eigenvalue weighted by molar-refractivity contribution is 8.04. The smallest absolute Gasteiger partial charge is 0.348 e. The molecular formula is C19H19FN6O2S2. The number of primary amides is 1. The summed E-state index contributed by atoms with van der Waals surface area (Å²) < 4.78 is 16.1. The third-order valence-electron chi connectivity index (χ3n) is 4.96. The van der Waals surface area contributed by atoms with E-state index < -0.39 is 11.4 Å². The first-order chi connectivity index (χ1) is 14.4. The van der Waals surface area contributed by atoms with E-state index in [1.807, 2.05) is 18.7 Å². The normalized spacial score (nSPS) is 17.6. The number of carbonyl (C=O) groups is 1. The summed E-state index contributed by atoms with van der Waals surface area (Å²) in [5.41, 5.74) is 7.91. The first-order valence-corrected chi connectivity index (χ1v) is 10.8. The molecule has 2 unspecified atom stereocenters. The Balaban J connectivity index is 1.68. The van der Waals surface area contributed by atoms with Crippen molar-refractivity contribution < 1.29 is 9.18 Å². The zero-order chi connectivity index (χ0) is 21.4. The van der Waals surface area contributed by atoms with Gasteiger partial charge in [0, 0.05) is 16.8 Å². The Morgan fingerprint density at radius 2 is 2.07 bits per heavy atom. The van der Waals surface area contributed by atoms with Gasteiger partial charge in [0.2, 0.25) is 0 Å². The van der Waals surface area contributed by atoms with E-state index in [2.05, 4.69) is 10.1 Å². The van der Waals surface area contributed by atoms with Crippen molar-refractivity contribution in [1.29, 1.82) is 0 Å². The molecule has 0 spiro atoms. The minimum atomic E-state index is -0.533. The minimum absolute atomic E-state index is 0.336. The Bertz CT molecular complexity index is 1150. The minimum Gasteiger partial charge on any atom is -0.365 e. The standard InChI is InChI=1S/C19H19FN6O2S2/c1-11(13-3-5-14(20)6-4-13)26-18(28)25(9-23-26)19-24(8-15-7-22-10-29-15)12(2)16(30-19)17(21)27/h3-7,9-11,19H,8H2,1-2H3,(H2,21,27). The first-order valence-electron chi connectivity index (χ1n) is 9.09. The molecule has 1 amide bonds. The summed E-state index contributed by atoms with van der Waals surface area (Å²) in [6.07, 6.45) is 3.21. The molecule has 0 saturated carbocycles. The number of halogens is 1. The number of thioether (sulfide) groups is 1. The van der Waals surface area contributed by atoms with Crippen LogP contribution in [0.4, 0.5) is 4.39 Å². The lowest BCUT2D eigenvalue weighted by Gasteiger charge is -2.26. The number of nitrogens with zero attached hydrogens (tertiary/aromatic N) is 5. The van der Waals surface area contributed by atoms with Gasteiger partial charge in [-0.3, -0.25) is 14.3 Å². The van der Waals surface area contributed by atoms with Gasteiger partial charge >= 0.3 is 5.69 Å². The third-order valence-corrected chi connectivity index (χ3v) is 7.15. The SMILES string of the molecule is CC1=C(C(N)=O)SC(n2cnn(C(C)c3ccc(F)cc3)c2=O)N1Cc1cncs1. The van der Waals surface area contributed by atoms with Crippen molar-refractivity contribution in [2.24, 2.45) is 5.73 Å². The van der Waals surface area contributed by atoms with E-state index in [0.29, 0.717) is 17.1 Å². The molecule has 4 rings (SSSR count). The number of benzene rings is 1. The Kier molecular flexibility index (Phi) is 5.48. The van der Waals surface area contributed by atoms with E-state index in [-0.39, 0.29) is 17.5 Å². The summed E-state index contributed by atoms with van der Waals surface area (Å²) >= 11 is 2.71.